The molecule has 0 aromatic carbocycles. The third kappa shape index (κ3) is 5.56. The number of hydrogen-bond donors (Lipinski definition) is 2. The first-order valence-electron chi connectivity index (χ1n) is 7.13. The Morgan fingerprint density at radius 1 is 1.30 bits per heavy atom. The minimum atomic E-state index is 0.512. The molecule has 2 N–H and O–H groups in total. The molecule has 0 amide bonds. The molecule has 0 saturated heterocycles. The Morgan fingerprint density at radius 3 is 2.70 bits per heavy atom. The molecule has 1 aromatic heterocycles. The maximum atomic E-state index is 5.30. The zero-order chi connectivity index (χ0) is 14.8. The minimum absolute atomic E-state index is 0.512. The monoisotopic (exact) mass is 282 g/mol. The van der Waals surface area contributed by atoms with Gasteiger partial charge in [-0.1, -0.05) is 0 Å². The molecule has 1 heterocycles. The molecule has 0 atom stereocenters. The van der Waals surface area contributed by atoms with Crippen LogP contribution in [0.5, 0.6) is 0 Å². The molecule has 0 radical (unpaired) electrons. The number of nitrogens with one attached hydrogen (secondary N) is 2. The van der Waals surface area contributed by atoms with Gasteiger partial charge in [0.25, 0.3) is 0 Å². The third-order valence-corrected chi connectivity index (χ3v) is 2.87. The lowest BCUT2D eigenvalue weighted by molar-refractivity contribution is 0.145. The Balaban J connectivity index is 2.44. The maximum absolute atomic E-state index is 5.30. The number of rotatable bonds is 8. The van der Waals surface area contributed by atoms with Crippen LogP contribution in [0.25, 0.3) is 0 Å². The first-order valence-corrected chi connectivity index (χ1v) is 7.13. The van der Waals surface area contributed by atoms with Crippen LogP contribution in [0.3, 0.4) is 0 Å². The molecular weight excluding hydrogens is 256 g/mol. The van der Waals surface area contributed by atoms with Crippen molar-refractivity contribution < 1.29 is 4.74 Å². The van der Waals surface area contributed by atoms with Crippen molar-refractivity contribution in [2.45, 2.75) is 33.7 Å². The fourth-order valence-corrected chi connectivity index (χ4v) is 1.61. The van der Waals surface area contributed by atoms with Crippen molar-refractivity contribution >= 4 is 5.96 Å². The highest BCUT2D eigenvalue weighted by atomic mass is 16.5. The van der Waals surface area contributed by atoms with E-state index in [2.05, 4.69) is 25.8 Å². The molecular formula is C13H26N6O. The molecule has 0 aliphatic carbocycles. The zero-order valence-corrected chi connectivity index (χ0v) is 12.9. The molecule has 0 bridgehead atoms. The highest BCUT2D eigenvalue weighted by molar-refractivity contribution is 5.79. The molecule has 114 valence electrons. The van der Waals surface area contributed by atoms with Gasteiger partial charge in [-0.2, -0.15) is 0 Å². The molecule has 1 rings (SSSR count). The Morgan fingerprint density at radius 2 is 2.10 bits per heavy atom. The van der Waals surface area contributed by atoms with E-state index in [-0.39, 0.29) is 0 Å². The van der Waals surface area contributed by atoms with Gasteiger partial charge in [0, 0.05) is 33.4 Å². The van der Waals surface area contributed by atoms with E-state index < -0.39 is 0 Å². The predicted octanol–water partition coefficient (Wildman–Crippen LogP) is 0.605. The fraction of sp³-hybridized carbons (Fsp3) is 0.769. The molecule has 7 nitrogen and oxygen atoms in total. The van der Waals surface area contributed by atoms with Crippen LogP contribution in [0, 0.1) is 6.92 Å². The summed E-state index contributed by atoms with van der Waals surface area (Å²) in [6.45, 7) is 9.69. The number of aryl methyl sites for hydroxylation is 1. The van der Waals surface area contributed by atoms with Gasteiger partial charge in [0.15, 0.2) is 11.8 Å². The summed E-state index contributed by atoms with van der Waals surface area (Å²) in [6.07, 6.45) is 0.960. The van der Waals surface area contributed by atoms with Crippen molar-refractivity contribution in [3.8, 4) is 0 Å². The zero-order valence-electron chi connectivity index (χ0n) is 12.9. The molecule has 0 aliphatic heterocycles. The van der Waals surface area contributed by atoms with Gasteiger partial charge in [0.1, 0.15) is 12.4 Å². The van der Waals surface area contributed by atoms with E-state index in [0.717, 1.165) is 50.3 Å². The van der Waals surface area contributed by atoms with Crippen LogP contribution >= 0.6 is 0 Å². The normalized spacial score (nSPS) is 11.7. The van der Waals surface area contributed by atoms with Crippen LogP contribution in [0.2, 0.25) is 0 Å². The second-order valence-corrected chi connectivity index (χ2v) is 4.39. The van der Waals surface area contributed by atoms with Crippen molar-refractivity contribution in [1.29, 1.82) is 0 Å². The lowest BCUT2D eigenvalue weighted by Gasteiger charge is -2.11. The summed E-state index contributed by atoms with van der Waals surface area (Å²) in [5.74, 6) is 2.54. The Bertz CT molecular complexity index is 415. The smallest absolute Gasteiger partial charge is 0.191 e. The van der Waals surface area contributed by atoms with Crippen molar-refractivity contribution in [1.82, 2.24) is 25.4 Å². The van der Waals surface area contributed by atoms with E-state index >= 15 is 0 Å². The maximum Gasteiger partial charge on any atom is 0.191 e. The topological polar surface area (TPSA) is 76.4 Å². The fourth-order valence-electron chi connectivity index (χ4n) is 1.61. The summed E-state index contributed by atoms with van der Waals surface area (Å²) in [7, 11) is 1.95. The number of aromatic nitrogens is 3. The van der Waals surface area contributed by atoms with Gasteiger partial charge in [0.2, 0.25) is 0 Å². The lowest BCUT2D eigenvalue weighted by atomic mass is 10.4. The molecule has 7 heteroatoms. The van der Waals surface area contributed by atoms with E-state index in [9.17, 15) is 0 Å². The van der Waals surface area contributed by atoms with Gasteiger partial charge in [-0.3, -0.25) is 0 Å². The van der Waals surface area contributed by atoms with Crippen LogP contribution < -0.4 is 10.6 Å². The number of ether oxygens (including phenoxy) is 1. The first-order chi connectivity index (χ1) is 9.69. The highest BCUT2D eigenvalue weighted by Crippen LogP contribution is 1.98. The standard InChI is InChI=1S/C13H26N6O/c1-5-14-13(15-8-7-9-20-6-2)16-10-12-18-17-11(3)19(12)4/h5-10H2,1-4H3,(H2,14,15,16). The van der Waals surface area contributed by atoms with Crippen LogP contribution in [0.15, 0.2) is 4.99 Å². The van der Waals surface area contributed by atoms with Gasteiger partial charge in [-0.05, 0) is 27.2 Å². The summed E-state index contributed by atoms with van der Waals surface area (Å²) in [4.78, 5) is 4.51. The van der Waals surface area contributed by atoms with E-state index in [1.54, 1.807) is 0 Å². The van der Waals surface area contributed by atoms with E-state index in [1.807, 2.05) is 32.4 Å². The third-order valence-electron chi connectivity index (χ3n) is 2.87. The summed E-state index contributed by atoms with van der Waals surface area (Å²) < 4.78 is 7.25. The average molecular weight is 282 g/mol. The van der Waals surface area contributed by atoms with E-state index in [4.69, 9.17) is 4.74 Å². The van der Waals surface area contributed by atoms with Crippen molar-refractivity contribution in [2.75, 3.05) is 26.3 Å². The molecule has 0 fully saturated rings. The predicted molar refractivity (Wildman–Crippen MR) is 79.7 cm³/mol. The van der Waals surface area contributed by atoms with Crippen molar-refractivity contribution in [3.05, 3.63) is 11.6 Å². The Labute approximate surface area is 120 Å². The van der Waals surface area contributed by atoms with E-state index in [1.165, 1.54) is 0 Å². The molecule has 0 spiro atoms. The molecule has 0 unspecified atom stereocenters. The lowest BCUT2D eigenvalue weighted by Crippen LogP contribution is -2.38. The summed E-state index contributed by atoms with van der Waals surface area (Å²) in [6, 6.07) is 0. The van der Waals surface area contributed by atoms with Crippen LogP contribution in [-0.2, 0) is 18.3 Å². The largest absolute Gasteiger partial charge is 0.382 e. The molecule has 0 aliphatic rings. The van der Waals surface area contributed by atoms with Crippen molar-refractivity contribution in [3.63, 3.8) is 0 Å². The van der Waals surface area contributed by atoms with Gasteiger partial charge in [0.05, 0.1) is 0 Å². The summed E-state index contributed by atoms with van der Waals surface area (Å²) in [5.41, 5.74) is 0. The second-order valence-electron chi connectivity index (χ2n) is 4.39. The summed E-state index contributed by atoms with van der Waals surface area (Å²) >= 11 is 0. The van der Waals surface area contributed by atoms with E-state index in [0.29, 0.717) is 6.54 Å². The average Bonchev–Trinajstić information content (AvgIpc) is 2.76. The quantitative estimate of drug-likeness (QED) is 0.415. The number of guanidine groups is 1. The number of nitrogens with zero attached hydrogens (tertiary/aromatic N) is 4. The van der Waals surface area contributed by atoms with Crippen molar-refractivity contribution in [2.24, 2.45) is 12.0 Å². The minimum Gasteiger partial charge on any atom is -0.382 e. The molecule has 20 heavy (non-hydrogen) atoms. The number of hydrogen-bond acceptors (Lipinski definition) is 4. The van der Waals surface area contributed by atoms with Crippen LogP contribution in [-0.4, -0.2) is 47.0 Å². The summed E-state index contributed by atoms with van der Waals surface area (Å²) in [5, 5.41) is 14.6. The van der Waals surface area contributed by atoms with Gasteiger partial charge in [-0.25, -0.2) is 4.99 Å². The molecule has 0 saturated carbocycles. The van der Waals surface area contributed by atoms with Crippen LogP contribution in [0.1, 0.15) is 31.9 Å². The van der Waals surface area contributed by atoms with Gasteiger partial charge >= 0.3 is 0 Å². The SMILES string of the molecule is CCNC(=NCc1nnc(C)n1C)NCCCOCC. The van der Waals surface area contributed by atoms with Gasteiger partial charge in [-0.15, -0.1) is 10.2 Å². The Hall–Kier alpha value is -1.63. The van der Waals surface area contributed by atoms with Gasteiger partial charge < -0.3 is 19.9 Å². The highest BCUT2D eigenvalue weighted by Gasteiger charge is 2.04. The second kappa shape index (κ2) is 9.30. The van der Waals surface area contributed by atoms with Crippen LogP contribution in [0.4, 0.5) is 0 Å². The first kappa shape index (κ1) is 16.4. The molecule has 1 aromatic rings. The Kier molecular flexibility index (Phi) is 7.64. The number of aliphatic imine (C=N–C) groups is 1.